The first-order valence-electron chi connectivity index (χ1n) is 3.80. The van der Waals surface area contributed by atoms with E-state index in [2.05, 4.69) is 19.2 Å². The van der Waals surface area contributed by atoms with E-state index in [9.17, 15) is 0 Å². The monoisotopic (exact) mass is 155 g/mol. The second-order valence-corrected chi connectivity index (χ2v) is 2.33. The zero-order valence-corrected chi connectivity index (χ0v) is 6.96. The van der Waals surface area contributed by atoms with E-state index in [-0.39, 0.29) is 0 Å². The van der Waals surface area contributed by atoms with Crippen LogP contribution in [0.5, 0.6) is 0 Å². The Balaban J connectivity index is 3.03. The highest BCUT2D eigenvalue weighted by atomic mass is 14.0. The predicted octanol–water partition coefficient (Wildman–Crippen LogP) is 3.25. The number of benzene rings is 1. The lowest BCUT2D eigenvalue weighted by molar-refractivity contribution is 1.61. The Morgan fingerprint density at radius 3 is 2.33 bits per heavy atom. The van der Waals surface area contributed by atoms with E-state index in [1.54, 1.807) is 12.2 Å². The third-order valence-electron chi connectivity index (χ3n) is 1.55. The Morgan fingerprint density at radius 1 is 1.17 bits per heavy atom. The molecule has 0 N–H and O–H groups in total. The van der Waals surface area contributed by atoms with Crippen molar-refractivity contribution in [3.63, 3.8) is 0 Å². The molecule has 0 aromatic heterocycles. The molecule has 0 aliphatic rings. The number of allylic oxidation sites excluding steroid dienone is 4. The van der Waals surface area contributed by atoms with Crippen LogP contribution in [0.2, 0.25) is 0 Å². The molecular formula is C12H11. The van der Waals surface area contributed by atoms with Crippen LogP contribution in [0.25, 0.3) is 5.57 Å². The molecule has 12 heavy (non-hydrogen) atoms. The van der Waals surface area contributed by atoms with E-state index in [0.29, 0.717) is 0 Å². The van der Waals surface area contributed by atoms with Crippen molar-refractivity contribution in [2.45, 2.75) is 0 Å². The van der Waals surface area contributed by atoms with Crippen LogP contribution in [0.15, 0.2) is 55.6 Å². The fourth-order valence-corrected chi connectivity index (χ4v) is 0.988. The zero-order valence-electron chi connectivity index (χ0n) is 6.96. The van der Waals surface area contributed by atoms with E-state index in [4.69, 9.17) is 0 Å². The summed E-state index contributed by atoms with van der Waals surface area (Å²) >= 11 is 0. The molecule has 0 saturated carbocycles. The maximum Gasteiger partial charge on any atom is -0.0105 e. The van der Waals surface area contributed by atoms with Gasteiger partial charge in [-0.05, 0) is 17.2 Å². The minimum atomic E-state index is 0.977. The molecule has 0 amide bonds. The van der Waals surface area contributed by atoms with Gasteiger partial charge in [0.2, 0.25) is 0 Å². The van der Waals surface area contributed by atoms with Gasteiger partial charge in [-0.3, -0.25) is 0 Å². The van der Waals surface area contributed by atoms with Crippen LogP contribution in [0, 0.1) is 6.08 Å². The van der Waals surface area contributed by atoms with Crippen LogP contribution in [0.1, 0.15) is 5.56 Å². The lowest BCUT2D eigenvalue weighted by Crippen LogP contribution is -1.77. The van der Waals surface area contributed by atoms with E-state index < -0.39 is 0 Å². The normalized spacial score (nSPS) is 10.8. The van der Waals surface area contributed by atoms with Crippen LogP contribution < -0.4 is 0 Å². The third-order valence-corrected chi connectivity index (χ3v) is 1.55. The molecule has 1 aromatic carbocycles. The van der Waals surface area contributed by atoms with Gasteiger partial charge in [0.05, 0.1) is 0 Å². The summed E-state index contributed by atoms with van der Waals surface area (Å²) in [6.07, 6.45) is 6.43. The molecule has 0 heteroatoms. The van der Waals surface area contributed by atoms with Crippen LogP contribution in [-0.4, -0.2) is 0 Å². The maximum atomic E-state index is 3.71. The van der Waals surface area contributed by atoms with Crippen LogP contribution >= 0.6 is 0 Å². The fraction of sp³-hybridized carbons (Fsp3) is 0. The summed E-state index contributed by atoms with van der Waals surface area (Å²) in [4.78, 5) is 0. The molecule has 1 rings (SSSR count). The average molecular weight is 155 g/mol. The maximum absolute atomic E-state index is 3.71. The van der Waals surface area contributed by atoms with Gasteiger partial charge >= 0.3 is 0 Å². The first-order chi connectivity index (χ1) is 5.88. The van der Waals surface area contributed by atoms with Gasteiger partial charge < -0.3 is 0 Å². The van der Waals surface area contributed by atoms with Crippen molar-refractivity contribution in [1.29, 1.82) is 0 Å². The van der Waals surface area contributed by atoms with Crippen molar-refractivity contribution in [1.82, 2.24) is 0 Å². The minimum Gasteiger partial charge on any atom is -0.0984 e. The fourth-order valence-electron chi connectivity index (χ4n) is 0.988. The third kappa shape index (κ3) is 1.96. The predicted molar refractivity (Wildman–Crippen MR) is 53.5 cm³/mol. The van der Waals surface area contributed by atoms with Gasteiger partial charge in [-0.2, -0.15) is 0 Å². The molecule has 1 radical (unpaired) electrons. The second kappa shape index (κ2) is 4.35. The van der Waals surface area contributed by atoms with Gasteiger partial charge in [0, 0.05) is 0 Å². The van der Waals surface area contributed by atoms with Crippen LogP contribution in [0.3, 0.4) is 0 Å². The van der Waals surface area contributed by atoms with Gasteiger partial charge in [-0.1, -0.05) is 55.6 Å². The summed E-state index contributed by atoms with van der Waals surface area (Å²) in [5.41, 5.74) is 2.10. The number of hydrogen-bond acceptors (Lipinski definition) is 0. The first-order valence-corrected chi connectivity index (χ1v) is 3.80. The molecule has 1 aromatic rings. The summed E-state index contributed by atoms with van der Waals surface area (Å²) in [6, 6.07) is 10.0. The summed E-state index contributed by atoms with van der Waals surface area (Å²) in [5.74, 6) is 0. The Bertz CT molecular complexity index is 291. The molecule has 0 bridgehead atoms. The van der Waals surface area contributed by atoms with Gasteiger partial charge in [0.15, 0.2) is 0 Å². The van der Waals surface area contributed by atoms with Crippen molar-refractivity contribution >= 4 is 5.57 Å². The molecular weight excluding hydrogens is 144 g/mol. The Morgan fingerprint density at radius 2 is 1.83 bits per heavy atom. The summed E-state index contributed by atoms with van der Waals surface area (Å²) < 4.78 is 0. The van der Waals surface area contributed by atoms with Crippen LogP contribution in [0.4, 0.5) is 0 Å². The van der Waals surface area contributed by atoms with E-state index in [1.165, 1.54) is 0 Å². The highest BCUT2D eigenvalue weighted by Gasteiger charge is 1.92. The molecule has 0 atom stereocenters. The quantitative estimate of drug-likeness (QED) is 0.588. The van der Waals surface area contributed by atoms with Gasteiger partial charge in [-0.15, -0.1) is 0 Å². The van der Waals surface area contributed by atoms with Crippen LogP contribution in [-0.2, 0) is 0 Å². The van der Waals surface area contributed by atoms with Crippen molar-refractivity contribution < 1.29 is 0 Å². The minimum absolute atomic E-state index is 0.977. The van der Waals surface area contributed by atoms with E-state index in [1.807, 2.05) is 30.3 Å². The lowest BCUT2D eigenvalue weighted by Gasteiger charge is -1.98. The standard InChI is InChI=1S/C12H11/c1-3-8-11(4-2)12-9-6-5-7-10-12/h3-7,9-10H,1-2H2. The summed E-state index contributed by atoms with van der Waals surface area (Å²) in [5, 5.41) is 0. The zero-order chi connectivity index (χ0) is 8.81. The molecule has 0 fully saturated rings. The molecule has 0 nitrogen and oxygen atoms in total. The second-order valence-electron chi connectivity index (χ2n) is 2.33. The molecule has 0 heterocycles. The molecule has 0 unspecified atom stereocenters. The summed E-state index contributed by atoms with van der Waals surface area (Å²) in [7, 11) is 0. The Labute approximate surface area is 73.6 Å². The summed E-state index contributed by atoms with van der Waals surface area (Å²) in [6.45, 7) is 7.30. The molecule has 0 aliphatic heterocycles. The first kappa shape index (κ1) is 8.54. The van der Waals surface area contributed by atoms with E-state index >= 15 is 0 Å². The highest BCUT2D eigenvalue weighted by molar-refractivity contribution is 5.72. The topological polar surface area (TPSA) is 0 Å². The number of hydrogen-bond donors (Lipinski definition) is 0. The largest absolute Gasteiger partial charge is 0.0984 e. The van der Waals surface area contributed by atoms with Gasteiger partial charge in [0.1, 0.15) is 0 Å². The van der Waals surface area contributed by atoms with E-state index in [0.717, 1.165) is 11.1 Å². The van der Waals surface area contributed by atoms with Crippen molar-refractivity contribution in [2.24, 2.45) is 0 Å². The van der Waals surface area contributed by atoms with Gasteiger partial charge in [0.25, 0.3) is 0 Å². The van der Waals surface area contributed by atoms with Crippen molar-refractivity contribution in [2.75, 3.05) is 0 Å². The number of rotatable bonds is 3. The molecule has 0 spiro atoms. The van der Waals surface area contributed by atoms with Gasteiger partial charge in [-0.25, -0.2) is 0 Å². The Kier molecular flexibility index (Phi) is 3.09. The van der Waals surface area contributed by atoms with Crippen molar-refractivity contribution in [3.05, 3.63) is 67.3 Å². The average Bonchev–Trinajstić information content (AvgIpc) is 2.15. The SMILES string of the molecule is C=C[C]=C(C=C)c1ccccc1. The molecule has 0 aliphatic carbocycles. The van der Waals surface area contributed by atoms with Crippen molar-refractivity contribution in [3.8, 4) is 0 Å². The molecule has 0 saturated heterocycles. The lowest BCUT2D eigenvalue weighted by atomic mass is 10.1. The smallest absolute Gasteiger partial charge is 0.0105 e. The Hall–Kier alpha value is -1.56. The highest BCUT2D eigenvalue weighted by Crippen LogP contribution is 2.13. The molecule has 59 valence electrons.